The van der Waals surface area contributed by atoms with E-state index in [1.54, 1.807) is 11.8 Å². The van der Waals surface area contributed by atoms with Crippen molar-refractivity contribution in [3.05, 3.63) is 47.3 Å². The number of carbonyl (C=O) groups is 1. The number of rotatable bonds is 5. The van der Waals surface area contributed by atoms with Crippen LogP contribution in [0.4, 0.5) is 0 Å². The Bertz CT molecular complexity index is 809. The van der Waals surface area contributed by atoms with Crippen molar-refractivity contribution in [2.45, 2.75) is 56.0 Å². The summed E-state index contributed by atoms with van der Waals surface area (Å²) in [6, 6.07) is 10.6. The standard InChI is InChI=1S/C22H29N3O2S/c1-16-17(2)25(19-10-6-7-11-19)22(23-16)28-20(18-8-4-3-5-9-18)21(26)24-12-14-27-15-13-24/h3-5,8-9,19-20H,6-7,10-15H2,1-2H3/t20-/m1/s1. The number of hydrogen-bond donors (Lipinski definition) is 0. The third-order valence-corrected chi connectivity index (χ3v) is 7.13. The summed E-state index contributed by atoms with van der Waals surface area (Å²) in [6.45, 7) is 6.80. The van der Waals surface area contributed by atoms with Gasteiger partial charge in [0.2, 0.25) is 5.91 Å². The van der Waals surface area contributed by atoms with Crippen LogP contribution in [0.3, 0.4) is 0 Å². The van der Waals surface area contributed by atoms with Crippen LogP contribution in [0.15, 0.2) is 35.5 Å². The molecule has 6 heteroatoms. The molecular weight excluding hydrogens is 370 g/mol. The minimum Gasteiger partial charge on any atom is -0.378 e. The Kier molecular flexibility index (Phi) is 6.07. The van der Waals surface area contributed by atoms with Crippen LogP contribution < -0.4 is 0 Å². The second kappa shape index (κ2) is 8.70. The summed E-state index contributed by atoms with van der Waals surface area (Å²) in [6.07, 6.45) is 4.97. The highest BCUT2D eigenvalue weighted by Crippen LogP contribution is 2.41. The molecule has 1 amide bonds. The number of amides is 1. The molecule has 150 valence electrons. The summed E-state index contributed by atoms with van der Waals surface area (Å²) in [7, 11) is 0. The number of aromatic nitrogens is 2. The fourth-order valence-corrected chi connectivity index (χ4v) is 5.56. The average molecular weight is 400 g/mol. The summed E-state index contributed by atoms with van der Waals surface area (Å²) in [4.78, 5) is 20.3. The fraction of sp³-hybridized carbons (Fsp3) is 0.545. The SMILES string of the molecule is Cc1nc(S[C@@H](C(=O)N2CCOCC2)c2ccccc2)n(C2CCCC2)c1C. The van der Waals surface area contributed by atoms with Gasteiger partial charge in [-0.05, 0) is 32.3 Å². The van der Waals surface area contributed by atoms with Crippen LogP contribution in [0, 0.1) is 13.8 Å². The molecule has 0 bridgehead atoms. The van der Waals surface area contributed by atoms with Gasteiger partial charge in [-0.25, -0.2) is 4.98 Å². The quantitative estimate of drug-likeness (QED) is 0.703. The lowest BCUT2D eigenvalue weighted by Crippen LogP contribution is -2.42. The van der Waals surface area contributed by atoms with Crippen molar-refractivity contribution in [1.29, 1.82) is 0 Å². The molecule has 1 aliphatic carbocycles. The van der Waals surface area contributed by atoms with Crippen LogP contribution in [0.1, 0.15) is 53.9 Å². The molecule has 1 aromatic heterocycles. The van der Waals surface area contributed by atoms with Gasteiger partial charge in [-0.3, -0.25) is 4.79 Å². The summed E-state index contributed by atoms with van der Waals surface area (Å²) in [5.74, 6) is 0.163. The van der Waals surface area contributed by atoms with Gasteiger partial charge in [-0.15, -0.1) is 0 Å². The fourth-order valence-electron chi connectivity index (χ4n) is 4.22. The molecule has 2 aromatic rings. The predicted molar refractivity (Wildman–Crippen MR) is 112 cm³/mol. The van der Waals surface area contributed by atoms with E-state index < -0.39 is 0 Å². The Labute approximate surface area is 171 Å². The number of thioether (sulfide) groups is 1. The minimum atomic E-state index is -0.277. The van der Waals surface area contributed by atoms with Gasteiger partial charge in [0.1, 0.15) is 5.25 Å². The average Bonchev–Trinajstić information content (AvgIpc) is 3.35. The zero-order chi connectivity index (χ0) is 19.5. The molecule has 0 N–H and O–H groups in total. The van der Waals surface area contributed by atoms with Crippen molar-refractivity contribution in [1.82, 2.24) is 14.5 Å². The van der Waals surface area contributed by atoms with Gasteiger partial charge < -0.3 is 14.2 Å². The molecule has 28 heavy (non-hydrogen) atoms. The molecule has 0 radical (unpaired) electrons. The number of imidazole rings is 1. The maximum atomic E-state index is 13.4. The van der Waals surface area contributed by atoms with Crippen LogP contribution in [-0.2, 0) is 9.53 Å². The van der Waals surface area contributed by atoms with Crippen molar-refractivity contribution < 1.29 is 9.53 Å². The van der Waals surface area contributed by atoms with Crippen LogP contribution in [-0.4, -0.2) is 46.7 Å². The van der Waals surface area contributed by atoms with E-state index in [-0.39, 0.29) is 11.2 Å². The molecule has 0 spiro atoms. The number of carbonyl (C=O) groups excluding carboxylic acids is 1. The normalized spacial score (nSPS) is 19.1. The first-order valence-electron chi connectivity index (χ1n) is 10.3. The molecule has 2 aliphatic rings. The highest BCUT2D eigenvalue weighted by molar-refractivity contribution is 8.00. The third-order valence-electron chi connectivity index (χ3n) is 5.92. The van der Waals surface area contributed by atoms with Gasteiger partial charge in [-0.1, -0.05) is 54.9 Å². The number of ether oxygens (including phenoxy) is 1. The Balaban J connectivity index is 1.66. The summed E-state index contributed by atoms with van der Waals surface area (Å²) in [5, 5.41) is 0.706. The smallest absolute Gasteiger partial charge is 0.240 e. The van der Waals surface area contributed by atoms with E-state index in [4.69, 9.17) is 9.72 Å². The van der Waals surface area contributed by atoms with Gasteiger partial charge in [0, 0.05) is 24.8 Å². The largest absolute Gasteiger partial charge is 0.378 e. The zero-order valence-electron chi connectivity index (χ0n) is 16.8. The molecule has 2 fully saturated rings. The van der Waals surface area contributed by atoms with Gasteiger partial charge in [-0.2, -0.15) is 0 Å². The second-order valence-electron chi connectivity index (χ2n) is 7.72. The van der Waals surface area contributed by atoms with E-state index in [0.29, 0.717) is 32.3 Å². The molecule has 1 aliphatic heterocycles. The molecule has 1 atom stereocenters. The van der Waals surface area contributed by atoms with Gasteiger partial charge in [0.15, 0.2) is 5.16 Å². The first kappa shape index (κ1) is 19.5. The third kappa shape index (κ3) is 3.98. The van der Waals surface area contributed by atoms with Crippen molar-refractivity contribution in [3.8, 4) is 0 Å². The number of morpholine rings is 1. The van der Waals surface area contributed by atoms with Crippen LogP contribution >= 0.6 is 11.8 Å². The van der Waals surface area contributed by atoms with E-state index in [1.165, 1.54) is 31.4 Å². The first-order valence-corrected chi connectivity index (χ1v) is 11.2. The number of aryl methyl sites for hydroxylation is 1. The number of hydrogen-bond acceptors (Lipinski definition) is 4. The Morgan fingerprint density at radius 3 is 2.50 bits per heavy atom. The Morgan fingerprint density at radius 1 is 1.14 bits per heavy atom. The number of benzene rings is 1. The van der Waals surface area contributed by atoms with Crippen LogP contribution in [0.2, 0.25) is 0 Å². The lowest BCUT2D eigenvalue weighted by atomic mass is 10.1. The van der Waals surface area contributed by atoms with E-state index in [0.717, 1.165) is 16.4 Å². The van der Waals surface area contributed by atoms with Crippen molar-refractivity contribution in [2.75, 3.05) is 26.3 Å². The van der Waals surface area contributed by atoms with Crippen LogP contribution in [0.25, 0.3) is 0 Å². The molecule has 1 saturated carbocycles. The Hall–Kier alpha value is -1.79. The van der Waals surface area contributed by atoms with Gasteiger partial charge in [0.05, 0.1) is 18.9 Å². The summed E-state index contributed by atoms with van der Waals surface area (Å²) >= 11 is 1.61. The Morgan fingerprint density at radius 2 is 1.82 bits per heavy atom. The van der Waals surface area contributed by atoms with Crippen molar-refractivity contribution >= 4 is 17.7 Å². The van der Waals surface area contributed by atoms with E-state index in [1.807, 2.05) is 23.1 Å². The highest BCUT2D eigenvalue weighted by Gasteiger charge is 2.31. The van der Waals surface area contributed by atoms with Crippen molar-refractivity contribution in [2.24, 2.45) is 0 Å². The molecular formula is C22H29N3O2S. The molecule has 1 aromatic carbocycles. The lowest BCUT2D eigenvalue weighted by Gasteiger charge is -2.30. The van der Waals surface area contributed by atoms with Gasteiger partial charge >= 0.3 is 0 Å². The monoisotopic (exact) mass is 399 g/mol. The van der Waals surface area contributed by atoms with Crippen molar-refractivity contribution in [3.63, 3.8) is 0 Å². The van der Waals surface area contributed by atoms with Gasteiger partial charge in [0.25, 0.3) is 0 Å². The molecule has 5 nitrogen and oxygen atoms in total. The molecule has 0 unspecified atom stereocenters. The maximum Gasteiger partial charge on any atom is 0.240 e. The summed E-state index contributed by atoms with van der Waals surface area (Å²) in [5.41, 5.74) is 3.35. The first-order chi connectivity index (χ1) is 13.6. The zero-order valence-corrected chi connectivity index (χ0v) is 17.6. The maximum absolute atomic E-state index is 13.4. The molecule has 1 saturated heterocycles. The topological polar surface area (TPSA) is 47.4 Å². The molecule has 2 heterocycles. The second-order valence-corrected chi connectivity index (χ2v) is 8.79. The van der Waals surface area contributed by atoms with E-state index in [2.05, 4.69) is 30.5 Å². The van der Waals surface area contributed by atoms with Crippen LogP contribution in [0.5, 0.6) is 0 Å². The van der Waals surface area contributed by atoms with E-state index in [9.17, 15) is 4.79 Å². The minimum absolute atomic E-state index is 0.163. The molecule has 4 rings (SSSR count). The summed E-state index contributed by atoms with van der Waals surface area (Å²) < 4.78 is 7.84. The highest BCUT2D eigenvalue weighted by atomic mass is 32.2. The predicted octanol–water partition coefficient (Wildman–Crippen LogP) is 4.31. The lowest BCUT2D eigenvalue weighted by molar-refractivity contribution is -0.134. The number of nitrogens with zero attached hydrogens (tertiary/aromatic N) is 3. The van der Waals surface area contributed by atoms with E-state index >= 15 is 0 Å².